The maximum Gasteiger partial charge on any atom is 0.263 e. The molecule has 0 spiro atoms. The Morgan fingerprint density at radius 2 is 2.25 bits per heavy atom. The maximum absolute atomic E-state index is 12.4. The van der Waals surface area contributed by atoms with Crippen molar-refractivity contribution in [3.05, 3.63) is 56.4 Å². The number of methoxy groups -OCH3 is 1. The van der Waals surface area contributed by atoms with E-state index in [1.54, 1.807) is 11.7 Å². The van der Waals surface area contributed by atoms with Crippen LogP contribution in [0, 0.1) is 4.77 Å². The van der Waals surface area contributed by atoms with Crippen LogP contribution in [0.1, 0.15) is 5.56 Å². The van der Waals surface area contributed by atoms with Crippen molar-refractivity contribution in [2.75, 3.05) is 7.11 Å². The summed E-state index contributed by atoms with van der Waals surface area (Å²) in [5.74, 6) is 0.766. The van der Waals surface area contributed by atoms with Gasteiger partial charge < -0.3 is 9.72 Å². The van der Waals surface area contributed by atoms with Gasteiger partial charge in [0.05, 0.1) is 19.0 Å². The smallest absolute Gasteiger partial charge is 0.263 e. The average Bonchev–Trinajstić information content (AvgIpc) is 2.92. The van der Waals surface area contributed by atoms with E-state index >= 15 is 0 Å². The lowest BCUT2D eigenvalue weighted by Gasteiger charge is -2.08. The lowest BCUT2D eigenvalue weighted by Crippen LogP contribution is -2.22. The number of nitrogens with one attached hydrogen (secondary N) is 1. The van der Waals surface area contributed by atoms with E-state index in [0.717, 1.165) is 16.1 Å². The molecular weight excluding hydrogens is 292 g/mol. The summed E-state index contributed by atoms with van der Waals surface area (Å²) in [6.45, 7) is 0.428. The lowest BCUT2D eigenvalue weighted by molar-refractivity contribution is 0.414. The Kier molecular flexibility index (Phi) is 3.42. The van der Waals surface area contributed by atoms with Crippen LogP contribution in [0.5, 0.6) is 5.75 Å². The molecular formula is C14H12N2O2S2. The van der Waals surface area contributed by atoms with E-state index in [9.17, 15) is 4.79 Å². The van der Waals surface area contributed by atoms with Crippen LogP contribution < -0.4 is 10.3 Å². The summed E-state index contributed by atoms with van der Waals surface area (Å²) in [6, 6.07) is 9.43. The number of hydrogen-bond acceptors (Lipinski definition) is 4. The second-order valence-corrected chi connectivity index (χ2v) is 5.64. The predicted molar refractivity (Wildman–Crippen MR) is 83.4 cm³/mol. The first-order valence-corrected chi connectivity index (χ1v) is 7.31. The molecule has 0 atom stereocenters. The van der Waals surface area contributed by atoms with Crippen molar-refractivity contribution in [2.45, 2.75) is 6.54 Å². The molecule has 3 aromatic rings. The van der Waals surface area contributed by atoms with E-state index in [1.807, 2.05) is 35.7 Å². The van der Waals surface area contributed by atoms with E-state index < -0.39 is 0 Å². The summed E-state index contributed by atoms with van der Waals surface area (Å²) < 4.78 is 7.20. The van der Waals surface area contributed by atoms with Gasteiger partial charge in [-0.1, -0.05) is 12.1 Å². The van der Waals surface area contributed by atoms with Gasteiger partial charge in [0.15, 0.2) is 4.77 Å². The number of benzene rings is 1. The molecule has 0 amide bonds. The van der Waals surface area contributed by atoms with Crippen molar-refractivity contribution in [1.82, 2.24) is 9.55 Å². The van der Waals surface area contributed by atoms with Crippen molar-refractivity contribution in [2.24, 2.45) is 0 Å². The van der Waals surface area contributed by atoms with Crippen LogP contribution in [-0.4, -0.2) is 16.7 Å². The normalized spacial score (nSPS) is 10.8. The predicted octanol–water partition coefficient (Wildman–Crippen LogP) is 3.18. The third kappa shape index (κ3) is 2.28. The van der Waals surface area contributed by atoms with Crippen molar-refractivity contribution in [1.29, 1.82) is 0 Å². The Balaban J connectivity index is 2.10. The Morgan fingerprint density at radius 1 is 1.40 bits per heavy atom. The van der Waals surface area contributed by atoms with Crippen LogP contribution in [0.25, 0.3) is 10.2 Å². The molecule has 0 aliphatic carbocycles. The number of hydrogen-bond donors (Lipinski definition) is 1. The van der Waals surface area contributed by atoms with Crippen LogP contribution in [0.2, 0.25) is 0 Å². The molecule has 0 radical (unpaired) electrons. The fraction of sp³-hybridized carbons (Fsp3) is 0.143. The van der Waals surface area contributed by atoms with Crippen molar-refractivity contribution in [3.8, 4) is 5.75 Å². The van der Waals surface area contributed by atoms with E-state index in [0.29, 0.717) is 16.7 Å². The van der Waals surface area contributed by atoms with Crippen molar-refractivity contribution >= 4 is 33.8 Å². The maximum atomic E-state index is 12.4. The second kappa shape index (κ2) is 5.22. The molecule has 20 heavy (non-hydrogen) atoms. The fourth-order valence-electron chi connectivity index (χ4n) is 2.07. The zero-order valence-electron chi connectivity index (χ0n) is 10.8. The van der Waals surface area contributed by atoms with Gasteiger partial charge >= 0.3 is 0 Å². The molecule has 0 bridgehead atoms. The first-order valence-electron chi connectivity index (χ1n) is 6.02. The summed E-state index contributed by atoms with van der Waals surface area (Å²) in [5, 5.41) is 2.55. The third-order valence-electron chi connectivity index (χ3n) is 3.08. The van der Waals surface area contributed by atoms with Gasteiger partial charge in [0.25, 0.3) is 5.56 Å². The van der Waals surface area contributed by atoms with Gasteiger partial charge in [-0.25, -0.2) is 0 Å². The number of ether oxygens (including phenoxy) is 1. The lowest BCUT2D eigenvalue weighted by atomic mass is 10.2. The highest BCUT2D eigenvalue weighted by Crippen LogP contribution is 2.16. The molecule has 0 fully saturated rings. The fourth-order valence-corrected chi connectivity index (χ4v) is 3.17. The van der Waals surface area contributed by atoms with Crippen LogP contribution in [0.15, 0.2) is 40.5 Å². The molecule has 0 aliphatic heterocycles. The van der Waals surface area contributed by atoms with Crippen molar-refractivity contribution in [3.63, 3.8) is 0 Å². The molecule has 0 unspecified atom stereocenters. The molecule has 2 aromatic heterocycles. The summed E-state index contributed by atoms with van der Waals surface area (Å²) in [7, 11) is 1.62. The van der Waals surface area contributed by atoms with Crippen LogP contribution in [0.4, 0.5) is 0 Å². The largest absolute Gasteiger partial charge is 0.497 e. The molecule has 3 rings (SSSR count). The first-order chi connectivity index (χ1) is 9.69. The molecule has 1 N–H and O–H groups in total. The number of H-pyrrole nitrogens is 1. The summed E-state index contributed by atoms with van der Waals surface area (Å²) in [6.07, 6.45) is 0. The quantitative estimate of drug-likeness (QED) is 0.756. The molecule has 0 saturated heterocycles. The van der Waals surface area contributed by atoms with E-state index in [-0.39, 0.29) is 5.56 Å². The number of fused-ring (bicyclic) bond motifs is 1. The topological polar surface area (TPSA) is 47.0 Å². The van der Waals surface area contributed by atoms with Gasteiger partial charge in [0.1, 0.15) is 10.6 Å². The summed E-state index contributed by atoms with van der Waals surface area (Å²) >= 11 is 6.76. The number of thiophene rings is 1. The standard InChI is InChI=1S/C14H12N2O2S2/c1-18-10-4-2-3-9(7-10)8-16-13(17)11-5-6-20-12(11)15-14(16)19/h2-7H,8H2,1H3,(H,15,19). The number of rotatable bonds is 3. The Morgan fingerprint density at radius 3 is 3.05 bits per heavy atom. The monoisotopic (exact) mass is 304 g/mol. The molecule has 102 valence electrons. The van der Waals surface area contributed by atoms with Gasteiger partial charge in [-0.05, 0) is 41.4 Å². The minimum Gasteiger partial charge on any atom is -0.497 e. The van der Waals surface area contributed by atoms with E-state index in [2.05, 4.69) is 4.98 Å². The molecule has 0 aliphatic rings. The minimum absolute atomic E-state index is 0.0622. The van der Waals surface area contributed by atoms with Crippen LogP contribution in [0.3, 0.4) is 0 Å². The van der Waals surface area contributed by atoms with Crippen molar-refractivity contribution < 1.29 is 4.74 Å². The van der Waals surface area contributed by atoms with E-state index in [1.165, 1.54) is 11.3 Å². The minimum atomic E-state index is -0.0622. The van der Waals surface area contributed by atoms with Gasteiger partial charge in [-0.3, -0.25) is 9.36 Å². The van der Waals surface area contributed by atoms with Crippen LogP contribution in [-0.2, 0) is 6.54 Å². The highest BCUT2D eigenvalue weighted by atomic mass is 32.1. The highest BCUT2D eigenvalue weighted by Gasteiger charge is 2.07. The SMILES string of the molecule is COc1cccc(Cn2c(=S)[nH]c3sccc3c2=O)c1. The Labute approximate surface area is 124 Å². The van der Waals surface area contributed by atoms with Gasteiger partial charge in [0.2, 0.25) is 0 Å². The van der Waals surface area contributed by atoms with E-state index in [4.69, 9.17) is 17.0 Å². The number of nitrogens with zero attached hydrogens (tertiary/aromatic N) is 1. The first kappa shape index (κ1) is 13.1. The van der Waals surface area contributed by atoms with Gasteiger partial charge in [-0.2, -0.15) is 0 Å². The number of aromatic amines is 1. The van der Waals surface area contributed by atoms with Crippen LogP contribution >= 0.6 is 23.6 Å². The molecule has 6 heteroatoms. The highest BCUT2D eigenvalue weighted by molar-refractivity contribution is 7.71. The molecule has 2 heterocycles. The Hall–Kier alpha value is -1.92. The zero-order chi connectivity index (χ0) is 14.1. The van der Waals surface area contributed by atoms with Gasteiger partial charge in [0, 0.05) is 0 Å². The summed E-state index contributed by atoms with van der Waals surface area (Å²) in [4.78, 5) is 16.3. The zero-order valence-corrected chi connectivity index (χ0v) is 12.4. The second-order valence-electron chi connectivity index (χ2n) is 4.34. The molecule has 4 nitrogen and oxygen atoms in total. The Bertz CT molecular complexity index is 877. The molecule has 0 saturated carbocycles. The third-order valence-corrected chi connectivity index (χ3v) is 4.23. The van der Waals surface area contributed by atoms with Gasteiger partial charge in [-0.15, -0.1) is 11.3 Å². The average molecular weight is 304 g/mol. The number of aromatic nitrogens is 2. The molecule has 1 aromatic carbocycles. The summed E-state index contributed by atoms with van der Waals surface area (Å²) in [5.41, 5.74) is 0.911.